The van der Waals surface area contributed by atoms with Crippen LogP contribution in [-0.4, -0.2) is 16.8 Å². The molecule has 0 radical (unpaired) electrons. The number of nitrogens with zero attached hydrogens (tertiary/aromatic N) is 2. The zero-order chi connectivity index (χ0) is 15.0. The zero-order valence-electron chi connectivity index (χ0n) is 11.8. The molecule has 1 aromatic heterocycles. The maximum atomic E-state index is 14.3. The Kier molecular flexibility index (Phi) is 4.25. The first-order valence-corrected chi connectivity index (χ1v) is 6.98. The summed E-state index contributed by atoms with van der Waals surface area (Å²) in [6, 6.07) is 2.04. The Balaban J connectivity index is 2.68. The molecule has 0 aliphatic heterocycles. The van der Waals surface area contributed by atoms with Crippen LogP contribution in [0, 0.1) is 25.5 Å². The lowest BCUT2D eigenvalue weighted by Gasteiger charge is -2.19. The zero-order valence-corrected chi connectivity index (χ0v) is 13.3. The summed E-state index contributed by atoms with van der Waals surface area (Å²) in [5.74, 6) is -1.17. The normalized spacial score (nSPS) is 12.8. The smallest absolute Gasteiger partial charge is 0.145 e. The highest BCUT2D eigenvalue weighted by atomic mass is 79.9. The highest BCUT2D eigenvalue weighted by Gasteiger charge is 2.27. The number of aryl methyl sites for hydroxylation is 2. The number of nitrogens with one attached hydrogen (secondary N) is 1. The van der Waals surface area contributed by atoms with Crippen LogP contribution in [0.1, 0.15) is 28.6 Å². The first-order valence-electron chi connectivity index (χ1n) is 6.19. The van der Waals surface area contributed by atoms with E-state index in [1.165, 1.54) is 12.1 Å². The summed E-state index contributed by atoms with van der Waals surface area (Å²) in [5.41, 5.74) is 2.43. The van der Waals surface area contributed by atoms with Gasteiger partial charge in [0, 0.05) is 23.9 Å². The van der Waals surface area contributed by atoms with Crippen molar-refractivity contribution in [2.75, 3.05) is 7.05 Å². The molecule has 0 amide bonds. The van der Waals surface area contributed by atoms with Gasteiger partial charge in [-0.3, -0.25) is 4.68 Å². The molecule has 0 aliphatic rings. The lowest BCUT2D eigenvalue weighted by molar-refractivity contribution is 0.517. The maximum Gasteiger partial charge on any atom is 0.145 e. The fraction of sp³-hybridized carbons (Fsp3) is 0.357. The predicted molar refractivity (Wildman–Crippen MR) is 77.6 cm³/mol. The minimum atomic E-state index is -0.591. The molecular weight excluding hydrogens is 328 g/mol. The van der Waals surface area contributed by atoms with Crippen LogP contribution in [-0.2, 0) is 7.05 Å². The molecule has 1 aromatic carbocycles. The molecule has 0 bridgehead atoms. The van der Waals surface area contributed by atoms with Gasteiger partial charge in [-0.05, 0) is 49.0 Å². The van der Waals surface area contributed by atoms with Gasteiger partial charge in [0.25, 0.3) is 0 Å². The third-order valence-corrected chi connectivity index (χ3v) is 4.12. The van der Waals surface area contributed by atoms with E-state index in [2.05, 4.69) is 26.3 Å². The molecule has 2 rings (SSSR count). The first kappa shape index (κ1) is 15.1. The minimum absolute atomic E-state index is 0.000995. The molecule has 1 atom stereocenters. The Hall–Kier alpha value is -1.27. The molecular formula is C14H16BrF2N3. The predicted octanol–water partition coefficient (Wildman–Crippen LogP) is 3.39. The van der Waals surface area contributed by atoms with Crippen LogP contribution in [0.5, 0.6) is 0 Å². The van der Waals surface area contributed by atoms with Crippen molar-refractivity contribution in [2.24, 2.45) is 7.05 Å². The number of benzene rings is 1. The van der Waals surface area contributed by atoms with Crippen molar-refractivity contribution in [3.05, 3.63) is 50.8 Å². The average molecular weight is 344 g/mol. The van der Waals surface area contributed by atoms with Gasteiger partial charge in [0.15, 0.2) is 0 Å². The van der Waals surface area contributed by atoms with E-state index < -0.39 is 17.7 Å². The molecule has 2 aromatic rings. The molecule has 0 saturated carbocycles. The van der Waals surface area contributed by atoms with E-state index in [1.807, 2.05) is 20.9 Å². The van der Waals surface area contributed by atoms with Gasteiger partial charge in [0.2, 0.25) is 0 Å². The van der Waals surface area contributed by atoms with Gasteiger partial charge >= 0.3 is 0 Å². The SMILES string of the molecule is CNC(c1c(F)ccc(Br)c1F)c1c(C)nn(C)c1C. The number of hydrogen-bond acceptors (Lipinski definition) is 2. The number of hydrogen-bond donors (Lipinski definition) is 1. The van der Waals surface area contributed by atoms with E-state index in [0.29, 0.717) is 0 Å². The summed E-state index contributed by atoms with van der Waals surface area (Å²) in [7, 11) is 3.49. The van der Waals surface area contributed by atoms with Gasteiger partial charge in [0.1, 0.15) is 11.6 Å². The van der Waals surface area contributed by atoms with Gasteiger partial charge in [0.05, 0.1) is 16.2 Å². The first-order chi connectivity index (χ1) is 9.38. The number of aromatic nitrogens is 2. The molecule has 0 saturated heterocycles. The van der Waals surface area contributed by atoms with Crippen LogP contribution in [0.4, 0.5) is 8.78 Å². The summed E-state index contributed by atoms with van der Waals surface area (Å²) in [6.07, 6.45) is 0. The molecule has 0 aliphatic carbocycles. The second-order valence-corrected chi connectivity index (χ2v) is 5.54. The fourth-order valence-electron chi connectivity index (χ4n) is 2.45. The summed E-state index contributed by atoms with van der Waals surface area (Å²) in [5, 5.41) is 7.29. The van der Waals surface area contributed by atoms with Crippen LogP contribution in [0.15, 0.2) is 16.6 Å². The van der Waals surface area contributed by atoms with Crippen molar-refractivity contribution < 1.29 is 8.78 Å². The van der Waals surface area contributed by atoms with Crippen LogP contribution in [0.25, 0.3) is 0 Å². The lowest BCUT2D eigenvalue weighted by atomic mass is 9.96. The molecule has 1 heterocycles. The molecule has 108 valence electrons. The number of rotatable bonds is 3. The largest absolute Gasteiger partial charge is 0.309 e. The lowest BCUT2D eigenvalue weighted by Crippen LogP contribution is -2.22. The van der Waals surface area contributed by atoms with E-state index in [1.54, 1.807) is 11.7 Å². The molecule has 1 unspecified atom stereocenters. The summed E-state index contributed by atoms with van der Waals surface area (Å²) in [6.45, 7) is 3.72. The van der Waals surface area contributed by atoms with Gasteiger partial charge in [-0.1, -0.05) is 0 Å². The highest BCUT2D eigenvalue weighted by Crippen LogP contribution is 2.33. The molecule has 20 heavy (non-hydrogen) atoms. The van der Waals surface area contributed by atoms with E-state index in [0.717, 1.165) is 17.0 Å². The second kappa shape index (κ2) is 5.61. The summed E-state index contributed by atoms with van der Waals surface area (Å²) >= 11 is 3.10. The van der Waals surface area contributed by atoms with Crippen molar-refractivity contribution in [3.8, 4) is 0 Å². The maximum absolute atomic E-state index is 14.3. The summed E-state index contributed by atoms with van der Waals surface area (Å²) < 4.78 is 30.4. The Morgan fingerprint density at radius 1 is 1.25 bits per heavy atom. The third kappa shape index (κ3) is 2.38. The van der Waals surface area contributed by atoms with Gasteiger partial charge in [-0.25, -0.2) is 8.78 Å². The molecule has 3 nitrogen and oxygen atoms in total. The van der Waals surface area contributed by atoms with Crippen LogP contribution in [0.2, 0.25) is 0 Å². The van der Waals surface area contributed by atoms with Crippen LogP contribution < -0.4 is 5.32 Å². The van der Waals surface area contributed by atoms with Crippen LogP contribution in [0.3, 0.4) is 0 Å². The Labute approximate surface area is 125 Å². The third-order valence-electron chi connectivity index (χ3n) is 3.51. The fourth-order valence-corrected chi connectivity index (χ4v) is 2.79. The monoisotopic (exact) mass is 343 g/mol. The molecule has 1 N–H and O–H groups in total. The summed E-state index contributed by atoms with van der Waals surface area (Å²) in [4.78, 5) is 0. The Morgan fingerprint density at radius 3 is 2.40 bits per heavy atom. The van der Waals surface area contributed by atoms with E-state index in [-0.39, 0.29) is 10.0 Å². The second-order valence-electron chi connectivity index (χ2n) is 4.69. The van der Waals surface area contributed by atoms with Crippen molar-refractivity contribution in [3.63, 3.8) is 0 Å². The Bertz CT molecular complexity index is 652. The van der Waals surface area contributed by atoms with Gasteiger partial charge in [-0.2, -0.15) is 5.10 Å². The number of halogens is 3. The Morgan fingerprint density at radius 2 is 1.90 bits per heavy atom. The topological polar surface area (TPSA) is 29.9 Å². The van der Waals surface area contributed by atoms with E-state index in [4.69, 9.17) is 0 Å². The molecule has 0 spiro atoms. The average Bonchev–Trinajstić information content (AvgIpc) is 2.65. The quantitative estimate of drug-likeness (QED) is 0.865. The molecule has 0 fully saturated rings. The highest BCUT2D eigenvalue weighted by molar-refractivity contribution is 9.10. The van der Waals surface area contributed by atoms with Crippen molar-refractivity contribution in [2.45, 2.75) is 19.9 Å². The van der Waals surface area contributed by atoms with Gasteiger partial charge in [-0.15, -0.1) is 0 Å². The minimum Gasteiger partial charge on any atom is -0.309 e. The molecule has 6 heteroatoms. The van der Waals surface area contributed by atoms with E-state index >= 15 is 0 Å². The van der Waals surface area contributed by atoms with E-state index in [9.17, 15) is 8.78 Å². The van der Waals surface area contributed by atoms with Crippen LogP contribution >= 0.6 is 15.9 Å². The van der Waals surface area contributed by atoms with Crippen molar-refractivity contribution in [1.29, 1.82) is 0 Å². The van der Waals surface area contributed by atoms with Crippen molar-refractivity contribution in [1.82, 2.24) is 15.1 Å². The standard InChI is InChI=1S/C14H16BrF2N3/c1-7-11(8(2)20(4)19-7)14(18-3)12-10(16)6-5-9(15)13(12)17/h5-6,14,18H,1-4H3. The van der Waals surface area contributed by atoms with Crippen molar-refractivity contribution >= 4 is 15.9 Å². The van der Waals surface area contributed by atoms with Gasteiger partial charge < -0.3 is 5.32 Å².